The van der Waals surface area contributed by atoms with E-state index < -0.39 is 17.8 Å². The average Bonchev–Trinajstić information content (AvgIpc) is 2.70. The third kappa shape index (κ3) is 3.51. The summed E-state index contributed by atoms with van der Waals surface area (Å²) in [5, 5.41) is 14.4. The van der Waals surface area contributed by atoms with E-state index in [1.807, 2.05) is 0 Å². The summed E-state index contributed by atoms with van der Waals surface area (Å²) < 4.78 is 13.1. The van der Waals surface area contributed by atoms with Crippen molar-refractivity contribution in [1.82, 2.24) is 5.32 Å². The topological polar surface area (TPSA) is 78.4 Å². The second kappa shape index (κ2) is 5.71. The van der Waals surface area contributed by atoms with E-state index in [0.29, 0.717) is 0 Å². The van der Waals surface area contributed by atoms with Gasteiger partial charge in [0.25, 0.3) is 0 Å². The number of carbonyl (C=O) groups excluding carboxylic acids is 1. The van der Waals surface area contributed by atoms with E-state index >= 15 is 0 Å². The Morgan fingerprint density at radius 1 is 1.38 bits per heavy atom. The number of carboxylic acid groups (broad SMARTS) is 1. The van der Waals surface area contributed by atoms with Gasteiger partial charge in [-0.3, -0.25) is 0 Å². The Kier molecular flexibility index (Phi) is 4.16. The minimum atomic E-state index is -1.29. The molecule has 0 saturated heterocycles. The number of carbonyl (C=O) groups is 2. The summed E-state index contributed by atoms with van der Waals surface area (Å²) in [6.45, 7) is 4.18. The summed E-state index contributed by atoms with van der Waals surface area (Å²) in [5.41, 5.74) is -0.163. The lowest BCUT2D eigenvalue weighted by Gasteiger charge is -2.27. The van der Waals surface area contributed by atoms with E-state index in [2.05, 4.69) is 24.5 Å². The zero-order chi connectivity index (χ0) is 15.6. The molecule has 2 amide bonds. The van der Waals surface area contributed by atoms with Gasteiger partial charge in [0.05, 0.1) is 11.3 Å². The average molecular weight is 294 g/mol. The second-order valence-electron chi connectivity index (χ2n) is 6.03. The summed E-state index contributed by atoms with van der Waals surface area (Å²) in [5.74, 6) is -1.94. The molecule has 1 aliphatic carbocycles. The first-order valence-electron chi connectivity index (χ1n) is 6.90. The number of aromatic carboxylic acids is 1. The van der Waals surface area contributed by atoms with Crippen LogP contribution in [0.5, 0.6) is 0 Å². The highest BCUT2D eigenvalue weighted by molar-refractivity contribution is 6.00. The molecule has 0 bridgehead atoms. The fourth-order valence-electron chi connectivity index (χ4n) is 2.71. The number of nitrogens with one attached hydrogen (secondary N) is 2. The van der Waals surface area contributed by atoms with Crippen molar-refractivity contribution in [2.45, 2.75) is 39.2 Å². The molecule has 21 heavy (non-hydrogen) atoms. The number of hydrogen-bond acceptors (Lipinski definition) is 2. The monoisotopic (exact) mass is 294 g/mol. The van der Waals surface area contributed by atoms with Crippen LogP contribution in [0, 0.1) is 11.2 Å². The largest absolute Gasteiger partial charge is 0.478 e. The van der Waals surface area contributed by atoms with Crippen LogP contribution in [0.15, 0.2) is 18.2 Å². The zero-order valence-corrected chi connectivity index (χ0v) is 12.1. The van der Waals surface area contributed by atoms with Crippen LogP contribution in [0.1, 0.15) is 43.5 Å². The van der Waals surface area contributed by atoms with Crippen molar-refractivity contribution < 1.29 is 19.1 Å². The molecule has 0 radical (unpaired) electrons. The minimum Gasteiger partial charge on any atom is -0.478 e. The van der Waals surface area contributed by atoms with Crippen molar-refractivity contribution in [2.24, 2.45) is 5.41 Å². The van der Waals surface area contributed by atoms with Crippen LogP contribution in [0.2, 0.25) is 0 Å². The lowest BCUT2D eigenvalue weighted by molar-refractivity contribution is 0.0697. The molecule has 114 valence electrons. The number of hydrogen-bond donors (Lipinski definition) is 3. The summed E-state index contributed by atoms with van der Waals surface area (Å²) in [6.07, 6.45) is 2.99. The third-order valence-corrected chi connectivity index (χ3v) is 4.02. The number of halogens is 1. The van der Waals surface area contributed by atoms with Gasteiger partial charge in [0.15, 0.2) is 0 Å². The van der Waals surface area contributed by atoms with Crippen LogP contribution in [0.4, 0.5) is 14.9 Å². The second-order valence-corrected chi connectivity index (χ2v) is 6.03. The molecule has 2 rings (SSSR count). The Morgan fingerprint density at radius 2 is 2.10 bits per heavy atom. The first-order valence-corrected chi connectivity index (χ1v) is 6.90. The van der Waals surface area contributed by atoms with E-state index in [1.54, 1.807) is 0 Å². The van der Waals surface area contributed by atoms with Gasteiger partial charge in [-0.1, -0.05) is 20.3 Å². The standard InChI is InChI=1S/C15H19FN2O3/c1-15(2)7-3-4-12(15)18-14(21)17-11-6-5-9(16)8-10(11)13(19)20/h5-6,8,12H,3-4,7H2,1-2H3,(H,19,20)(H2,17,18,21). The Hall–Kier alpha value is -2.11. The van der Waals surface area contributed by atoms with Gasteiger partial charge in [-0.25, -0.2) is 14.0 Å². The van der Waals surface area contributed by atoms with E-state index in [9.17, 15) is 14.0 Å². The van der Waals surface area contributed by atoms with Crippen molar-refractivity contribution in [3.05, 3.63) is 29.6 Å². The van der Waals surface area contributed by atoms with Gasteiger partial charge >= 0.3 is 12.0 Å². The fraction of sp³-hybridized carbons (Fsp3) is 0.467. The first kappa shape index (κ1) is 15.3. The van der Waals surface area contributed by atoms with E-state index in [0.717, 1.165) is 31.4 Å². The molecule has 1 unspecified atom stereocenters. The number of amides is 2. The van der Waals surface area contributed by atoms with E-state index in [1.165, 1.54) is 6.07 Å². The third-order valence-electron chi connectivity index (χ3n) is 4.02. The van der Waals surface area contributed by atoms with Gasteiger partial charge in [-0.05, 0) is 36.5 Å². The lowest BCUT2D eigenvalue weighted by Crippen LogP contribution is -2.43. The highest BCUT2D eigenvalue weighted by Crippen LogP contribution is 2.37. The SMILES string of the molecule is CC1(C)CCCC1NC(=O)Nc1ccc(F)cc1C(=O)O. The maximum Gasteiger partial charge on any atom is 0.337 e. The van der Waals surface area contributed by atoms with Crippen LogP contribution in [-0.2, 0) is 0 Å². The normalized spacial score (nSPS) is 20.0. The predicted molar refractivity (Wildman–Crippen MR) is 76.9 cm³/mol. The molecule has 6 heteroatoms. The maximum absolute atomic E-state index is 13.1. The molecule has 1 saturated carbocycles. The van der Waals surface area contributed by atoms with Gasteiger partial charge in [0.2, 0.25) is 0 Å². The quantitative estimate of drug-likeness (QED) is 0.801. The van der Waals surface area contributed by atoms with Crippen LogP contribution < -0.4 is 10.6 Å². The first-order chi connectivity index (χ1) is 9.79. The Morgan fingerprint density at radius 3 is 2.67 bits per heavy atom. The molecule has 1 aromatic rings. The van der Waals surface area contributed by atoms with Crippen molar-refractivity contribution in [2.75, 3.05) is 5.32 Å². The van der Waals surface area contributed by atoms with Crippen LogP contribution in [-0.4, -0.2) is 23.1 Å². The van der Waals surface area contributed by atoms with Crippen molar-refractivity contribution in [1.29, 1.82) is 0 Å². The molecule has 1 aliphatic rings. The highest BCUT2D eigenvalue weighted by atomic mass is 19.1. The lowest BCUT2D eigenvalue weighted by atomic mass is 9.87. The minimum absolute atomic E-state index is 0.0236. The van der Waals surface area contributed by atoms with Crippen molar-refractivity contribution in [3.63, 3.8) is 0 Å². The number of rotatable bonds is 3. The maximum atomic E-state index is 13.1. The van der Waals surface area contributed by atoms with Gasteiger partial charge in [0, 0.05) is 6.04 Å². The highest BCUT2D eigenvalue weighted by Gasteiger charge is 2.35. The van der Waals surface area contributed by atoms with Crippen LogP contribution in [0.25, 0.3) is 0 Å². The molecule has 1 aromatic carbocycles. The zero-order valence-electron chi connectivity index (χ0n) is 12.1. The predicted octanol–water partition coefficient (Wildman–Crippen LogP) is 3.22. The summed E-state index contributed by atoms with van der Waals surface area (Å²) >= 11 is 0. The van der Waals surface area contributed by atoms with Gasteiger partial charge in [-0.2, -0.15) is 0 Å². The molecular weight excluding hydrogens is 275 g/mol. The summed E-state index contributed by atoms with van der Waals surface area (Å²) in [6, 6.07) is 2.83. The van der Waals surface area contributed by atoms with Crippen LogP contribution >= 0.6 is 0 Å². The van der Waals surface area contributed by atoms with E-state index in [4.69, 9.17) is 5.11 Å². The van der Waals surface area contributed by atoms with Gasteiger partial charge in [-0.15, -0.1) is 0 Å². The molecule has 1 fully saturated rings. The number of carboxylic acids is 1. The number of urea groups is 1. The molecule has 0 aliphatic heterocycles. The van der Waals surface area contributed by atoms with Crippen molar-refractivity contribution >= 4 is 17.7 Å². The smallest absolute Gasteiger partial charge is 0.337 e. The number of anilines is 1. The van der Waals surface area contributed by atoms with E-state index in [-0.39, 0.29) is 22.7 Å². The van der Waals surface area contributed by atoms with Crippen LogP contribution in [0.3, 0.4) is 0 Å². The molecule has 0 heterocycles. The molecule has 5 nitrogen and oxygen atoms in total. The van der Waals surface area contributed by atoms with Gasteiger partial charge < -0.3 is 15.7 Å². The molecule has 1 atom stereocenters. The molecule has 3 N–H and O–H groups in total. The molecular formula is C15H19FN2O3. The summed E-state index contributed by atoms with van der Waals surface area (Å²) in [7, 11) is 0. The molecule has 0 aromatic heterocycles. The van der Waals surface area contributed by atoms with Crippen molar-refractivity contribution in [3.8, 4) is 0 Å². The Bertz CT molecular complexity index is 572. The van der Waals surface area contributed by atoms with Gasteiger partial charge in [0.1, 0.15) is 5.82 Å². The number of benzene rings is 1. The molecule has 0 spiro atoms. The Labute approximate surface area is 122 Å². The summed E-state index contributed by atoms with van der Waals surface area (Å²) in [4.78, 5) is 23.1. The Balaban J connectivity index is 2.08. The fourth-order valence-corrected chi connectivity index (χ4v) is 2.71.